The number of amides is 1. The van der Waals surface area contributed by atoms with Gasteiger partial charge in [0.15, 0.2) is 0 Å². The Morgan fingerprint density at radius 3 is 2.56 bits per heavy atom. The molecule has 1 aromatic rings. The van der Waals surface area contributed by atoms with Crippen molar-refractivity contribution in [1.29, 1.82) is 0 Å². The van der Waals surface area contributed by atoms with Crippen LogP contribution in [0, 0.1) is 0 Å². The Hall–Kier alpha value is -1.26. The topological polar surface area (TPSA) is 58.4 Å². The second-order valence-corrected chi connectivity index (χ2v) is 5.28. The number of nitrogens with two attached hydrogens (primary N) is 1. The van der Waals surface area contributed by atoms with Crippen molar-refractivity contribution in [2.75, 3.05) is 18.0 Å². The van der Waals surface area contributed by atoms with Gasteiger partial charge in [0.25, 0.3) is 5.91 Å². The Morgan fingerprint density at radius 2 is 2.00 bits per heavy atom. The lowest BCUT2D eigenvalue weighted by Gasteiger charge is -2.38. The smallest absolute Gasteiger partial charge is 0.252 e. The van der Waals surface area contributed by atoms with Crippen LogP contribution in [0.1, 0.15) is 24.2 Å². The summed E-state index contributed by atoms with van der Waals surface area (Å²) >= 11 is 6.07. The molecule has 5 heteroatoms. The van der Waals surface area contributed by atoms with Crippen LogP contribution in [0.15, 0.2) is 18.2 Å². The molecule has 1 amide bonds. The molecular formula is C13H18ClN3O. The first-order chi connectivity index (χ1) is 8.49. The molecule has 0 radical (unpaired) electrons. The van der Waals surface area contributed by atoms with Crippen LogP contribution in [0.3, 0.4) is 0 Å². The zero-order valence-electron chi connectivity index (χ0n) is 10.6. The van der Waals surface area contributed by atoms with Gasteiger partial charge in [-0.15, -0.1) is 0 Å². The predicted octanol–water partition coefficient (Wildman–Crippen LogP) is 1.63. The highest BCUT2D eigenvalue weighted by molar-refractivity contribution is 6.34. The fraction of sp³-hybridized carbons (Fsp3) is 0.462. The molecule has 2 unspecified atom stereocenters. The van der Waals surface area contributed by atoms with Gasteiger partial charge in [-0.05, 0) is 26.0 Å². The Bertz CT molecular complexity index is 454. The Balaban J connectivity index is 2.38. The van der Waals surface area contributed by atoms with Crippen LogP contribution >= 0.6 is 11.6 Å². The first-order valence-corrected chi connectivity index (χ1v) is 6.46. The number of hydrogen-bond acceptors (Lipinski definition) is 3. The summed E-state index contributed by atoms with van der Waals surface area (Å²) in [6.45, 7) is 5.92. The lowest BCUT2D eigenvalue weighted by molar-refractivity contribution is 0.100. The van der Waals surface area contributed by atoms with Crippen molar-refractivity contribution < 1.29 is 4.79 Å². The standard InChI is InChI=1S/C13H18ClN3O/c1-8-6-17(7-9(2)16-8)11-5-3-4-10(14)12(11)13(15)18/h3-5,8-9,16H,6-7H2,1-2H3,(H2,15,18). The molecule has 0 spiro atoms. The largest absolute Gasteiger partial charge is 0.368 e. The molecule has 1 fully saturated rings. The zero-order valence-corrected chi connectivity index (χ0v) is 11.4. The minimum absolute atomic E-state index is 0.369. The highest BCUT2D eigenvalue weighted by Crippen LogP contribution is 2.28. The Morgan fingerprint density at radius 1 is 1.39 bits per heavy atom. The van der Waals surface area contributed by atoms with Crippen molar-refractivity contribution in [2.45, 2.75) is 25.9 Å². The van der Waals surface area contributed by atoms with Crippen molar-refractivity contribution in [1.82, 2.24) is 5.32 Å². The molecule has 2 rings (SSSR count). The van der Waals surface area contributed by atoms with E-state index in [1.165, 1.54) is 0 Å². The monoisotopic (exact) mass is 267 g/mol. The maximum atomic E-state index is 11.5. The second-order valence-electron chi connectivity index (χ2n) is 4.87. The van der Waals surface area contributed by atoms with Crippen LogP contribution in [0.2, 0.25) is 5.02 Å². The van der Waals surface area contributed by atoms with Gasteiger partial charge in [0.2, 0.25) is 0 Å². The maximum absolute atomic E-state index is 11.5. The number of halogens is 1. The number of hydrogen-bond donors (Lipinski definition) is 2. The third-order valence-corrected chi connectivity index (χ3v) is 3.45. The van der Waals surface area contributed by atoms with E-state index in [2.05, 4.69) is 24.1 Å². The van der Waals surface area contributed by atoms with Crippen LogP contribution in [0.5, 0.6) is 0 Å². The molecule has 18 heavy (non-hydrogen) atoms. The number of benzene rings is 1. The molecule has 98 valence electrons. The van der Waals surface area contributed by atoms with E-state index in [9.17, 15) is 4.79 Å². The number of nitrogens with one attached hydrogen (secondary N) is 1. The van der Waals surface area contributed by atoms with E-state index < -0.39 is 5.91 Å². The van der Waals surface area contributed by atoms with E-state index >= 15 is 0 Å². The molecule has 1 aliphatic heterocycles. The Labute approximate surface area is 112 Å². The van der Waals surface area contributed by atoms with E-state index in [1.807, 2.05) is 12.1 Å². The Kier molecular flexibility index (Phi) is 3.78. The zero-order chi connectivity index (χ0) is 13.3. The van der Waals surface area contributed by atoms with E-state index in [0.29, 0.717) is 22.7 Å². The molecule has 1 saturated heterocycles. The van der Waals surface area contributed by atoms with Crippen molar-refractivity contribution in [2.24, 2.45) is 5.73 Å². The van der Waals surface area contributed by atoms with Gasteiger partial charge in [-0.3, -0.25) is 4.79 Å². The van der Waals surface area contributed by atoms with Gasteiger partial charge in [0.1, 0.15) is 0 Å². The van der Waals surface area contributed by atoms with Gasteiger partial charge in [-0.25, -0.2) is 0 Å². The number of primary amides is 1. The lowest BCUT2D eigenvalue weighted by atomic mass is 10.1. The summed E-state index contributed by atoms with van der Waals surface area (Å²) in [6.07, 6.45) is 0. The highest BCUT2D eigenvalue weighted by atomic mass is 35.5. The van der Waals surface area contributed by atoms with Gasteiger partial charge < -0.3 is 16.0 Å². The van der Waals surface area contributed by atoms with Crippen LogP contribution in [-0.4, -0.2) is 31.1 Å². The van der Waals surface area contributed by atoms with Crippen LogP contribution < -0.4 is 16.0 Å². The molecule has 0 aliphatic carbocycles. The molecule has 2 atom stereocenters. The molecular weight excluding hydrogens is 250 g/mol. The van der Waals surface area contributed by atoms with Gasteiger partial charge in [0.05, 0.1) is 16.3 Å². The lowest BCUT2D eigenvalue weighted by Crippen LogP contribution is -2.54. The summed E-state index contributed by atoms with van der Waals surface area (Å²) < 4.78 is 0. The molecule has 4 nitrogen and oxygen atoms in total. The molecule has 0 saturated carbocycles. The third kappa shape index (κ3) is 2.60. The van der Waals surface area contributed by atoms with Gasteiger partial charge in [-0.1, -0.05) is 17.7 Å². The van der Waals surface area contributed by atoms with Crippen molar-refractivity contribution in [3.63, 3.8) is 0 Å². The van der Waals surface area contributed by atoms with E-state index in [4.69, 9.17) is 17.3 Å². The summed E-state index contributed by atoms with van der Waals surface area (Å²) in [5, 5.41) is 3.87. The highest BCUT2D eigenvalue weighted by Gasteiger charge is 2.24. The molecule has 1 heterocycles. The summed E-state index contributed by atoms with van der Waals surface area (Å²) in [5.41, 5.74) is 6.67. The predicted molar refractivity (Wildman–Crippen MR) is 74.2 cm³/mol. The second kappa shape index (κ2) is 5.16. The third-order valence-electron chi connectivity index (χ3n) is 3.14. The van der Waals surface area contributed by atoms with Crippen LogP contribution in [-0.2, 0) is 0 Å². The summed E-state index contributed by atoms with van der Waals surface area (Å²) in [4.78, 5) is 13.7. The number of nitrogens with zero attached hydrogens (tertiary/aromatic N) is 1. The fourth-order valence-corrected chi connectivity index (χ4v) is 2.81. The van der Waals surface area contributed by atoms with E-state index in [0.717, 1.165) is 18.8 Å². The summed E-state index contributed by atoms with van der Waals surface area (Å²) in [6, 6.07) is 6.18. The molecule has 3 N–H and O–H groups in total. The number of carbonyl (C=O) groups excluding carboxylic acids is 1. The van der Waals surface area contributed by atoms with Crippen LogP contribution in [0.25, 0.3) is 0 Å². The number of rotatable bonds is 2. The normalized spacial score (nSPS) is 24.1. The molecule has 0 bridgehead atoms. The van der Waals surface area contributed by atoms with Gasteiger partial charge in [-0.2, -0.15) is 0 Å². The average molecular weight is 268 g/mol. The summed E-state index contributed by atoms with van der Waals surface area (Å²) in [7, 11) is 0. The maximum Gasteiger partial charge on any atom is 0.252 e. The molecule has 1 aromatic carbocycles. The minimum atomic E-state index is -0.477. The van der Waals surface area contributed by atoms with E-state index in [-0.39, 0.29) is 0 Å². The van der Waals surface area contributed by atoms with Crippen molar-refractivity contribution >= 4 is 23.2 Å². The first kappa shape index (κ1) is 13.2. The van der Waals surface area contributed by atoms with Crippen molar-refractivity contribution in [3.05, 3.63) is 28.8 Å². The fourth-order valence-electron chi connectivity index (χ4n) is 2.54. The van der Waals surface area contributed by atoms with Crippen molar-refractivity contribution in [3.8, 4) is 0 Å². The summed E-state index contributed by atoms with van der Waals surface area (Å²) in [5.74, 6) is -0.477. The van der Waals surface area contributed by atoms with Gasteiger partial charge in [0, 0.05) is 25.2 Å². The molecule has 1 aliphatic rings. The number of piperazine rings is 1. The quantitative estimate of drug-likeness (QED) is 0.856. The first-order valence-electron chi connectivity index (χ1n) is 6.08. The number of carbonyl (C=O) groups is 1. The molecule has 0 aromatic heterocycles. The number of anilines is 1. The van der Waals surface area contributed by atoms with Crippen LogP contribution in [0.4, 0.5) is 5.69 Å². The average Bonchev–Trinajstić information content (AvgIpc) is 2.26. The minimum Gasteiger partial charge on any atom is -0.368 e. The van der Waals surface area contributed by atoms with E-state index in [1.54, 1.807) is 6.07 Å². The van der Waals surface area contributed by atoms with Gasteiger partial charge >= 0.3 is 0 Å². The SMILES string of the molecule is CC1CN(c2cccc(Cl)c2C(N)=O)CC(C)N1.